The minimum absolute atomic E-state index is 0.110. The van der Waals surface area contributed by atoms with Crippen LogP contribution in [-0.4, -0.2) is 47.3 Å². The highest BCUT2D eigenvalue weighted by Gasteiger charge is 2.34. The van der Waals surface area contributed by atoms with E-state index in [1.807, 2.05) is 25.2 Å². The zero-order valence-corrected chi connectivity index (χ0v) is 19.8. The van der Waals surface area contributed by atoms with Crippen LogP contribution in [0.25, 0.3) is 11.3 Å². The summed E-state index contributed by atoms with van der Waals surface area (Å²) < 4.78 is 29.9. The van der Waals surface area contributed by atoms with E-state index in [0.717, 1.165) is 35.5 Å². The molecular weight excluding hydrogens is 464 g/mol. The first kappa shape index (κ1) is 24.0. The molecule has 0 fully saturated rings. The zero-order valence-electron chi connectivity index (χ0n) is 19.0. The molecule has 34 heavy (non-hydrogen) atoms. The third kappa shape index (κ3) is 5.15. The van der Waals surface area contributed by atoms with Gasteiger partial charge in [0, 0.05) is 53.2 Å². The quantitative estimate of drug-likeness (QED) is 0.394. The zero-order chi connectivity index (χ0) is 24.5. The highest BCUT2D eigenvalue weighted by molar-refractivity contribution is 6.20. The predicted molar refractivity (Wildman–Crippen MR) is 129 cm³/mol. The molecule has 0 bridgehead atoms. The van der Waals surface area contributed by atoms with Crippen LogP contribution >= 0.6 is 11.6 Å². The van der Waals surface area contributed by atoms with Crippen LogP contribution in [0.2, 0.25) is 0 Å². The average molecular weight is 490 g/mol. The van der Waals surface area contributed by atoms with Gasteiger partial charge in [-0.05, 0) is 75.3 Å². The number of rotatable bonds is 8. The van der Waals surface area contributed by atoms with Gasteiger partial charge in [-0.1, -0.05) is 0 Å². The van der Waals surface area contributed by atoms with Gasteiger partial charge in [-0.15, -0.1) is 8.78 Å². The molecule has 0 aliphatic carbocycles. The number of anilines is 2. The van der Waals surface area contributed by atoms with Crippen LogP contribution in [0.1, 0.15) is 29.8 Å². The molecule has 3 aromatic rings. The molecule has 1 unspecified atom stereocenters. The van der Waals surface area contributed by atoms with Crippen molar-refractivity contribution < 1.29 is 18.3 Å². The van der Waals surface area contributed by atoms with E-state index in [9.17, 15) is 13.6 Å². The number of nitrogens with zero attached hydrogens (tertiary/aromatic N) is 2. The van der Waals surface area contributed by atoms with Crippen molar-refractivity contribution in [3.05, 3.63) is 59.8 Å². The van der Waals surface area contributed by atoms with Crippen molar-refractivity contribution >= 4 is 28.9 Å². The Hall–Kier alpha value is -3.17. The first-order valence-corrected chi connectivity index (χ1v) is 11.3. The number of amides is 1. The van der Waals surface area contributed by atoms with E-state index in [1.54, 1.807) is 6.20 Å². The number of aromatic amines is 1. The molecule has 0 saturated heterocycles. The minimum atomic E-state index is -3.80. The Kier molecular flexibility index (Phi) is 6.77. The van der Waals surface area contributed by atoms with Crippen molar-refractivity contribution in [2.75, 3.05) is 23.8 Å². The van der Waals surface area contributed by atoms with Crippen LogP contribution < -0.4 is 20.3 Å². The summed E-state index contributed by atoms with van der Waals surface area (Å²) in [5.74, 6) is -0.422. The van der Waals surface area contributed by atoms with Crippen molar-refractivity contribution in [3.63, 3.8) is 0 Å². The lowest BCUT2D eigenvalue weighted by molar-refractivity contribution is -0.0964. The fourth-order valence-corrected chi connectivity index (χ4v) is 4.55. The van der Waals surface area contributed by atoms with Crippen LogP contribution in [0.15, 0.2) is 48.7 Å². The summed E-state index contributed by atoms with van der Waals surface area (Å²) in [5.41, 5.74) is 1.04. The Morgan fingerprint density at radius 2 is 2.03 bits per heavy atom. The normalized spacial score (nSPS) is 15.5. The number of H-pyrrole nitrogens is 1. The van der Waals surface area contributed by atoms with E-state index in [1.165, 1.54) is 24.3 Å². The van der Waals surface area contributed by atoms with Crippen LogP contribution in [-0.2, 0) is 6.42 Å². The molecule has 2 aromatic carbocycles. The van der Waals surface area contributed by atoms with E-state index in [2.05, 4.69) is 44.3 Å². The van der Waals surface area contributed by atoms with Gasteiger partial charge in [-0.3, -0.25) is 9.89 Å². The SMILES string of the molecule is CNCC1Cc2cc(C(=O)Nc3ccc(OC(F)(F)Cl)cc3)cc(-c3ccn[nH]3)c2N1C(C)C. The number of hydrogen-bond acceptors (Lipinski definition) is 5. The number of ether oxygens (including phenoxy) is 1. The van der Waals surface area contributed by atoms with Gasteiger partial charge in [0.2, 0.25) is 0 Å². The standard InChI is InChI=1S/C24H26ClF2N5O2/c1-14(2)32-18(13-28-3)11-15-10-16(12-20(22(15)32)21-8-9-29-31-21)23(33)30-17-4-6-19(7-5-17)34-24(25,26)27/h4-10,12,14,18,28H,11,13H2,1-3H3,(H,29,31)(H,30,33). The molecule has 0 saturated carbocycles. The van der Waals surface area contributed by atoms with E-state index < -0.39 is 5.57 Å². The number of carbonyl (C=O) groups is 1. The monoisotopic (exact) mass is 489 g/mol. The van der Waals surface area contributed by atoms with Gasteiger partial charge < -0.3 is 20.3 Å². The average Bonchev–Trinajstić information content (AvgIpc) is 3.41. The summed E-state index contributed by atoms with van der Waals surface area (Å²) in [6.07, 6.45) is 2.48. The number of alkyl halides is 3. The number of halogens is 3. The van der Waals surface area contributed by atoms with Gasteiger partial charge in [0.05, 0.1) is 11.4 Å². The van der Waals surface area contributed by atoms with E-state index in [0.29, 0.717) is 11.3 Å². The highest BCUT2D eigenvalue weighted by atomic mass is 35.5. The maximum Gasteiger partial charge on any atom is 0.487 e. The lowest BCUT2D eigenvalue weighted by Crippen LogP contribution is -2.43. The van der Waals surface area contributed by atoms with E-state index in [4.69, 9.17) is 11.6 Å². The van der Waals surface area contributed by atoms with Crippen molar-refractivity contribution in [2.45, 2.75) is 37.9 Å². The fourth-order valence-electron chi connectivity index (χ4n) is 4.46. The van der Waals surface area contributed by atoms with Crippen molar-refractivity contribution in [3.8, 4) is 17.0 Å². The number of hydrogen-bond donors (Lipinski definition) is 3. The van der Waals surface area contributed by atoms with Gasteiger partial charge in [-0.2, -0.15) is 5.10 Å². The molecule has 1 aromatic heterocycles. The molecular formula is C24H26ClF2N5O2. The molecule has 1 aliphatic heterocycles. The molecule has 0 radical (unpaired) electrons. The number of carbonyl (C=O) groups excluding carboxylic acids is 1. The van der Waals surface area contributed by atoms with Crippen LogP contribution in [0, 0.1) is 0 Å². The smallest absolute Gasteiger partial charge is 0.420 e. The first-order chi connectivity index (χ1) is 16.2. The molecule has 7 nitrogen and oxygen atoms in total. The van der Waals surface area contributed by atoms with Gasteiger partial charge in [-0.25, -0.2) is 0 Å². The van der Waals surface area contributed by atoms with Crippen LogP contribution in [0.3, 0.4) is 0 Å². The Morgan fingerprint density at radius 1 is 1.29 bits per heavy atom. The van der Waals surface area contributed by atoms with E-state index in [-0.39, 0.29) is 23.7 Å². The van der Waals surface area contributed by atoms with Gasteiger partial charge >= 0.3 is 5.57 Å². The van der Waals surface area contributed by atoms with Gasteiger partial charge in [0.15, 0.2) is 0 Å². The number of nitrogens with one attached hydrogen (secondary N) is 3. The summed E-state index contributed by atoms with van der Waals surface area (Å²) in [5, 5.41) is 13.2. The first-order valence-electron chi connectivity index (χ1n) is 10.9. The fraction of sp³-hybridized carbons (Fsp3) is 0.333. The largest absolute Gasteiger partial charge is 0.487 e. The van der Waals surface area contributed by atoms with Crippen molar-refractivity contribution in [1.29, 1.82) is 0 Å². The third-order valence-electron chi connectivity index (χ3n) is 5.69. The van der Waals surface area contributed by atoms with Gasteiger partial charge in [0.25, 0.3) is 5.91 Å². The lowest BCUT2D eigenvalue weighted by atomic mass is 9.99. The Bertz CT molecular complexity index is 1150. The second-order valence-corrected chi connectivity index (χ2v) is 8.88. The Morgan fingerprint density at radius 3 is 2.62 bits per heavy atom. The number of likely N-dealkylation sites (N-methyl/N-ethyl adjacent to an activating group) is 1. The molecule has 1 aliphatic rings. The molecule has 1 amide bonds. The maximum absolute atomic E-state index is 13.1. The molecule has 180 valence electrons. The maximum atomic E-state index is 13.1. The number of benzene rings is 2. The van der Waals surface area contributed by atoms with Gasteiger partial charge in [0.1, 0.15) is 5.75 Å². The minimum Gasteiger partial charge on any atom is -0.420 e. The molecule has 2 heterocycles. The Labute approximate surface area is 201 Å². The van der Waals surface area contributed by atoms with Crippen molar-refractivity contribution in [1.82, 2.24) is 15.5 Å². The summed E-state index contributed by atoms with van der Waals surface area (Å²) in [6, 6.07) is 11.7. The van der Waals surface area contributed by atoms with Crippen LogP contribution in [0.4, 0.5) is 20.2 Å². The number of aromatic nitrogens is 2. The lowest BCUT2D eigenvalue weighted by Gasteiger charge is -2.32. The topological polar surface area (TPSA) is 82.3 Å². The summed E-state index contributed by atoms with van der Waals surface area (Å²) >= 11 is 4.80. The van der Waals surface area contributed by atoms with E-state index >= 15 is 0 Å². The molecule has 3 N–H and O–H groups in total. The summed E-state index contributed by atoms with van der Waals surface area (Å²) in [4.78, 5) is 15.5. The molecule has 10 heteroatoms. The Balaban J connectivity index is 1.65. The second kappa shape index (κ2) is 9.60. The molecule has 0 spiro atoms. The number of fused-ring (bicyclic) bond motifs is 1. The molecule has 4 rings (SSSR count). The highest BCUT2D eigenvalue weighted by Crippen LogP contribution is 2.42. The molecule has 1 atom stereocenters. The summed E-state index contributed by atoms with van der Waals surface area (Å²) in [7, 11) is 1.93. The third-order valence-corrected chi connectivity index (χ3v) is 5.77. The second-order valence-electron chi connectivity index (χ2n) is 8.44. The predicted octanol–water partition coefficient (Wildman–Crippen LogP) is 4.86. The summed E-state index contributed by atoms with van der Waals surface area (Å²) in [6.45, 7) is 5.12. The van der Waals surface area contributed by atoms with Crippen molar-refractivity contribution in [2.24, 2.45) is 0 Å². The van der Waals surface area contributed by atoms with Crippen LogP contribution in [0.5, 0.6) is 5.75 Å².